The predicted molar refractivity (Wildman–Crippen MR) is 43.9 cm³/mol. The molecule has 2 aromatic carbocycles. The Morgan fingerprint density at radius 2 is 1.30 bits per heavy atom. The summed E-state index contributed by atoms with van der Waals surface area (Å²) in [5, 5.41) is 1.70. The van der Waals surface area contributed by atoms with Gasteiger partial charge < -0.3 is 0 Å². The van der Waals surface area contributed by atoms with Crippen LogP contribution in [0.4, 0.5) is 0 Å². The molecule has 48 valence electrons. The summed E-state index contributed by atoms with van der Waals surface area (Å²) in [6.07, 6.45) is 0. The summed E-state index contributed by atoms with van der Waals surface area (Å²) in [6.45, 7) is 0. The van der Waals surface area contributed by atoms with E-state index in [0.29, 0.717) is 12.1 Å². The summed E-state index contributed by atoms with van der Waals surface area (Å²) < 4.78 is 15.2. The minimum atomic E-state index is 0.488. The maximum atomic E-state index is 7.58. The van der Waals surface area contributed by atoms with Crippen LogP contribution in [0.1, 0.15) is 2.74 Å². The zero-order chi connectivity index (χ0) is 8.55. The van der Waals surface area contributed by atoms with Crippen LogP contribution in [0.5, 0.6) is 0 Å². The van der Waals surface area contributed by atoms with Crippen molar-refractivity contribution in [2.75, 3.05) is 0 Å². The molecular formula is C10H8. The molecule has 0 saturated carbocycles. The number of fused-ring (bicyclic) bond motifs is 1. The van der Waals surface area contributed by atoms with Crippen molar-refractivity contribution in [3.05, 3.63) is 48.5 Å². The minimum absolute atomic E-state index is 0.488. The lowest BCUT2D eigenvalue weighted by Gasteiger charge is -1.92. The van der Waals surface area contributed by atoms with Crippen molar-refractivity contribution in [2.24, 2.45) is 0 Å². The van der Waals surface area contributed by atoms with E-state index >= 15 is 0 Å². The fourth-order valence-corrected chi connectivity index (χ4v) is 0.996. The van der Waals surface area contributed by atoms with Crippen molar-refractivity contribution < 1.29 is 2.74 Å². The highest BCUT2D eigenvalue weighted by Crippen LogP contribution is 2.11. The molecule has 0 aliphatic rings. The van der Waals surface area contributed by atoms with Gasteiger partial charge in [-0.3, -0.25) is 0 Å². The van der Waals surface area contributed by atoms with Gasteiger partial charge in [0.25, 0.3) is 0 Å². The second-order valence-corrected chi connectivity index (χ2v) is 2.17. The first-order valence-corrected chi connectivity index (χ1v) is 3.24. The molecule has 0 N–H and O–H groups in total. The van der Waals surface area contributed by atoms with Crippen LogP contribution in [0.25, 0.3) is 10.8 Å². The van der Waals surface area contributed by atoms with Crippen molar-refractivity contribution in [3.63, 3.8) is 0 Å². The average Bonchev–Trinajstić information content (AvgIpc) is 2.07. The first-order chi connectivity index (χ1) is 5.79. The van der Waals surface area contributed by atoms with Crippen LogP contribution in [0.2, 0.25) is 0 Å². The molecule has 0 spiro atoms. The average molecular weight is 130 g/mol. The lowest BCUT2D eigenvalue weighted by atomic mass is 10.1. The molecule has 0 saturated heterocycles. The Morgan fingerprint density at radius 3 is 1.80 bits per heavy atom. The van der Waals surface area contributed by atoms with Gasteiger partial charge in [0.05, 0.1) is 2.74 Å². The van der Waals surface area contributed by atoms with Crippen molar-refractivity contribution in [3.8, 4) is 0 Å². The molecule has 0 aliphatic heterocycles. The van der Waals surface area contributed by atoms with Crippen molar-refractivity contribution in [2.45, 2.75) is 0 Å². The number of hydrogen-bond acceptors (Lipinski definition) is 0. The highest BCUT2D eigenvalue weighted by molar-refractivity contribution is 5.81. The molecule has 0 nitrogen and oxygen atoms in total. The molecule has 10 heavy (non-hydrogen) atoms. The van der Waals surface area contributed by atoms with Crippen LogP contribution in [0.3, 0.4) is 0 Å². The maximum Gasteiger partial charge on any atom is 0.0629 e. The van der Waals surface area contributed by atoms with E-state index in [2.05, 4.69) is 0 Å². The summed E-state index contributed by atoms with van der Waals surface area (Å²) in [5.74, 6) is 0. The zero-order valence-corrected chi connectivity index (χ0v) is 5.46. The highest BCUT2D eigenvalue weighted by Gasteiger charge is 1.85. The van der Waals surface area contributed by atoms with E-state index in [9.17, 15) is 0 Å². The zero-order valence-electron chi connectivity index (χ0n) is 7.46. The molecule has 0 radical (unpaired) electrons. The molecule has 0 fully saturated rings. The molecule has 0 heterocycles. The van der Waals surface area contributed by atoms with Crippen LogP contribution in [-0.2, 0) is 0 Å². The summed E-state index contributed by atoms with van der Waals surface area (Å²) in [5.41, 5.74) is 0. The topological polar surface area (TPSA) is 0 Å². The third-order valence-electron chi connectivity index (χ3n) is 1.49. The van der Waals surface area contributed by atoms with E-state index in [4.69, 9.17) is 2.74 Å². The van der Waals surface area contributed by atoms with Gasteiger partial charge in [-0.25, -0.2) is 0 Å². The van der Waals surface area contributed by atoms with Crippen molar-refractivity contribution >= 4 is 10.8 Å². The largest absolute Gasteiger partial charge is 0.0629 e. The third-order valence-corrected chi connectivity index (χ3v) is 1.49. The second-order valence-electron chi connectivity index (χ2n) is 2.17. The van der Waals surface area contributed by atoms with E-state index in [1.54, 1.807) is 12.1 Å². The number of hydrogen-bond donors (Lipinski definition) is 0. The Balaban J connectivity index is 2.94. The number of rotatable bonds is 0. The van der Waals surface area contributed by atoms with E-state index in [0.717, 1.165) is 10.8 Å². The molecule has 0 bridgehead atoms. The van der Waals surface area contributed by atoms with Crippen molar-refractivity contribution in [1.82, 2.24) is 0 Å². The molecule has 2 rings (SSSR count). The van der Waals surface area contributed by atoms with Gasteiger partial charge in [0.2, 0.25) is 0 Å². The fraction of sp³-hybridized carbons (Fsp3) is 0. The lowest BCUT2D eigenvalue weighted by Crippen LogP contribution is -1.67. The van der Waals surface area contributed by atoms with Gasteiger partial charge in [0.1, 0.15) is 0 Å². The SMILES string of the molecule is [2H]c1cccc2c([2H])cccc12. The van der Waals surface area contributed by atoms with Crippen LogP contribution in [0.15, 0.2) is 48.5 Å². The van der Waals surface area contributed by atoms with Gasteiger partial charge in [0, 0.05) is 0 Å². The van der Waals surface area contributed by atoms with Gasteiger partial charge in [-0.1, -0.05) is 48.5 Å². The molecular weight excluding hydrogens is 120 g/mol. The van der Waals surface area contributed by atoms with Gasteiger partial charge in [-0.2, -0.15) is 0 Å². The lowest BCUT2D eigenvalue weighted by molar-refractivity contribution is 1.75. The van der Waals surface area contributed by atoms with Crippen LogP contribution in [0, 0.1) is 0 Å². The smallest absolute Gasteiger partial charge is 0.0616 e. The van der Waals surface area contributed by atoms with Gasteiger partial charge in [-0.15, -0.1) is 0 Å². The maximum absolute atomic E-state index is 7.58. The second kappa shape index (κ2) is 2.14. The van der Waals surface area contributed by atoms with Crippen molar-refractivity contribution in [1.29, 1.82) is 0 Å². The number of benzene rings is 2. The van der Waals surface area contributed by atoms with E-state index in [1.165, 1.54) is 0 Å². The summed E-state index contributed by atoms with van der Waals surface area (Å²) >= 11 is 0. The van der Waals surface area contributed by atoms with Crippen LogP contribution < -0.4 is 0 Å². The Morgan fingerprint density at radius 1 is 0.800 bits per heavy atom. The van der Waals surface area contributed by atoms with Gasteiger partial charge in [0.15, 0.2) is 0 Å². The Hall–Kier alpha value is -1.30. The predicted octanol–water partition coefficient (Wildman–Crippen LogP) is 2.84. The molecule has 0 unspecified atom stereocenters. The minimum Gasteiger partial charge on any atom is -0.0616 e. The van der Waals surface area contributed by atoms with E-state index in [-0.39, 0.29) is 0 Å². The molecule has 0 heteroatoms. The first-order valence-electron chi connectivity index (χ1n) is 4.24. The summed E-state index contributed by atoms with van der Waals surface area (Å²) in [4.78, 5) is 0. The first kappa shape index (κ1) is 3.77. The Labute approximate surface area is 62.9 Å². The normalized spacial score (nSPS) is 12.8. The quantitative estimate of drug-likeness (QED) is 0.514. The summed E-state index contributed by atoms with van der Waals surface area (Å²) in [6, 6.07) is 11.8. The molecule has 0 amide bonds. The molecule has 2 aromatic rings. The Kier molecular flexibility index (Phi) is 0.808. The Bertz CT molecular complexity index is 380. The highest BCUT2D eigenvalue weighted by atomic mass is 13.9. The van der Waals surface area contributed by atoms with Gasteiger partial charge >= 0.3 is 0 Å². The fourth-order valence-electron chi connectivity index (χ4n) is 0.996. The summed E-state index contributed by atoms with van der Waals surface area (Å²) in [7, 11) is 0. The standard InChI is InChI=1S/C10H8/c1-2-6-10-8-4-3-7-9(10)5-1/h1-8H/i5D,8D. The molecule has 0 aromatic heterocycles. The molecule has 0 aliphatic carbocycles. The monoisotopic (exact) mass is 130 g/mol. The van der Waals surface area contributed by atoms with Gasteiger partial charge in [-0.05, 0) is 10.8 Å². The van der Waals surface area contributed by atoms with Crippen LogP contribution >= 0.6 is 0 Å². The van der Waals surface area contributed by atoms with E-state index in [1.807, 2.05) is 24.3 Å². The van der Waals surface area contributed by atoms with Crippen LogP contribution in [-0.4, -0.2) is 0 Å². The molecule has 0 atom stereocenters. The third kappa shape index (κ3) is 0.781. The van der Waals surface area contributed by atoms with E-state index < -0.39 is 0 Å².